The highest BCUT2D eigenvalue weighted by molar-refractivity contribution is 5.85. The van der Waals surface area contributed by atoms with Gasteiger partial charge in [-0.1, -0.05) is 6.92 Å². The second kappa shape index (κ2) is 4.58. The summed E-state index contributed by atoms with van der Waals surface area (Å²) < 4.78 is 5.23. The third-order valence-electron chi connectivity index (χ3n) is 2.29. The number of carbonyl (C=O) groups excluding carboxylic acids is 1. The molecule has 0 aromatic heterocycles. The van der Waals surface area contributed by atoms with Crippen LogP contribution in [0.4, 0.5) is 4.79 Å². The van der Waals surface area contributed by atoms with Gasteiger partial charge >= 0.3 is 6.09 Å². The summed E-state index contributed by atoms with van der Waals surface area (Å²) in [4.78, 5) is 13.2. The Morgan fingerprint density at radius 2 is 1.93 bits per heavy atom. The van der Waals surface area contributed by atoms with Gasteiger partial charge in [0.15, 0.2) is 0 Å². The maximum absolute atomic E-state index is 11.5. The van der Waals surface area contributed by atoms with Crippen molar-refractivity contribution in [2.24, 2.45) is 11.1 Å². The van der Waals surface area contributed by atoms with Crippen LogP contribution in [0.5, 0.6) is 0 Å². The molecule has 0 unspecified atom stereocenters. The molecule has 0 bridgehead atoms. The van der Waals surface area contributed by atoms with Crippen molar-refractivity contribution in [2.45, 2.75) is 33.3 Å². The van der Waals surface area contributed by atoms with Crippen LogP contribution in [-0.4, -0.2) is 36.2 Å². The Morgan fingerprint density at radius 1 is 1.47 bits per heavy atom. The molecule has 0 spiro atoms. The Kier molecular flexibility index (Phi) is 4.43. The lowest BCUT2D eigenvalue weighted by Crippen LogP contribution is -2.60. The molecule has 5 heteroatoms. The van der Waals surface area contributed by atoms with Gasteiger partial charge in [-0.05, 0) is 20.8 Å². The molecule has 2 N–H and O–H groups in total. The number of ether oxygens (including phenoxy) is 1. The van der Waals surface area contributed by atoms with E-state index >= 15 is 0 Å². The van der Waals surface area contributed by atoms with Crippen molar-refractivity contribution >= 4 is 18.5 Å². The molecule has 4 nitrogen and oxygen atoms in total. The highest BCUT2D eigenvalue weighted by Crippen LogP contribution is 2.29. The second-order valence-corrected chi connectivity index (χ2v) is 5.35. The van der Waals surface area contributed by atoms with Gasteiger partial charge in [-0.2, -0.15) is 0 Å². The number of rotatable bonds is 1. The van der Waals surface area contributed by atoms with Gasteiger partial charge in [0.05, 0.1) is 0 Å². The molecule has 1 aliphatic heterocycles. The summed E-state index contributed by atoms with van der Waals surface area (Å²) in [6.45, 7) is 9.71. The molecule has 1 amide bonds. The largest absolute Gasteiger partial charge is 0.444 e. The van der Waals surface area contributed by atoms with E-state index in [1.165, 1.54) is 0 Å². The Bertz CT molecular complexity index is 232. The predicted octanol–water partition coefficient (Wildman–Crippen LogP) is 1.62. The summed E-state index contributed by atoms with van der Waals surface area (Å²) in [5, 5.41) is 0. The Balaban J connectivity index is 0.00000196. The fraction of sp³-hybridized carbons (Fsp3) is 0.900. The molecule has 0 aliphatic carbocycles. The van der Waals surface area contributed by atoms with E-state index in [4.69, 9.17) is 10.5 Å². The van der Waals surface area contributed by atoms with Crippen molar-refractivity contribution in [1.29, 1.82) is 0 Å². The third-order valence-corrected chi connectivity index (χ3v) is 2.29. The van der Waals surface area contributed by atoms with Crippen molar-refractivity contribution in [3.05, 3.63) is 0 Å². The number of amides is 1. The predicted molar refractivity (Wildman–Crippen MR) is 62.2 cm³/mol. The zero-order valence-corrected chi connectivity index (χ0v) is 10.7. The Hall–Kier alpha value is -0.480. The average molecular weight is 237 g/mol. The van der Waals surface area contributed by atoms with Crippen LogP contribution in [0.1, 0.15) is 27.7 Å². The molecule has 1 saturated heterocycles. The number of halogens is 1. The standard InChI is InChI=1S/C10H20N2O2.ClH/c1-9(2,3)14-8(13)12-6-10(4,5-11)7-12;/h5-7,11H2,1-4H3;1H. The normalized spacial score (nSPS) is 18.9. The van der Waals surface area contributed by atoms with Crippen LogP contribution < -0.4 is 5.73 Å². The van der Waals surface area contributed by atoms with Gasteiger partial charge in [-0.25, -0.2) is 4.79 Å². The van der Waals surface area contributed by atoms with E-state index in [-0.39, 0.29) is 23.9 Å². The van der Waals surface area contributed by atoms with Gasteiger partial charge in [-0.15, -0.1) is 12.4 Å². The monoisotopic (exact) mass is 236 g/mol. The van der Waals surface area contributed by atoms with Crippen molar-refractivity contribution in [1.82, 2.24) is 4.90 Å². The van der Waals surface area contributed by atoms with Crippen LogP contribution in [-0.2, 0) is 4.74 Å². The first-order chi connectivity index (χ1) is 6.26. The molecule has 0 radical (unpaired) electrons. The van der Waals surface area contributed by atoms with Gasteiger partial charge in [0.2, 0.25) is 0 Å². The van der Waals surface area contributed by atoms with Gasteiger partial charge < -0.3 is 15.4 Å². The number of nitrogens with two attached hydrogens (primary N) is 1. The molecule has 0 aromatic carbocycles. The minimum Gasteiger partial charge on any atom is -0.444 e. The van der Waals surface area contributed by atoms with E-state index in [1.807, 2.05) is 20.8 Å². The highest BCUT2D eigenvalue weighted by atomic mass is 35.5. The van der Waals surface area contributed by atoms with Crippen LogP contribution in [0.25, 0.3) is 0 Å². The molecule has 1 rings (SSSR count). The van der Waals surface area contributed by atoms with Crippen LogP contribution >= 0.6 is 12.4 Å². The summed E-state index contributed by atoms with van der Waals surface area (Å²) in [5.41, 5.74) is 5.26. The van der Waals surface area contributed by atoms with E-state index in [0.717, 1.165) is 0 Å². The van der Waals surface area contributed by atoms with E-state index in [9.17, 15) is 4.79 Å². The van der Waals surface area contributed by atoms with Crippen LogP contribution in [0, 0.1) is 5.41 Å². The summed E-state index contributed by atoms with van der Waals surface area (Å²) in [6.07, 6.45) is -0.233. The van der Waals surface area contributed by atoms with Crippen molar-refractivity contribution < 1.29 is 9.53 Å². The number of likely N-dealkylation sites (tertiary alicyclic amines) is 1. The zero-order chi connectivity index (χ0) is 11.0. The van der Waals surface area contributed by atoms with Gasteiger partial charge in [0, 0.05) is 25.0 Å². The molecular formula is C10H21ClN2O2. The molecule has 0 saturated carbocycles. The lowest BCUT2D eigenvalue weighted by molar-refractivity contribution is -0.0246. The first-order valence-electron chi connectivity index (χ1n) is 4.94. The Labute approximate surface area is 97.5 Å². The van der Waals surface area contributed by atoms with Gasteiger partial charge in [0.1, 0.15) is 5.60 Å². The van der Waals surface area contributed by atoms with E-state index < -0.39 is 5.60 Å². The molecule has 1 fully saturated rings. The van der Waals surface area contributed by atoms with Crippen molar-refractivity contribution in [3.8, 4) is 0 Å². The minimum absolute atomic E-state index is 0. The minimum atomic E-state index is -0.411. The lowest BCUT2D eigenvalue weighted by Gasteiger charge is -2.47. The first kappa shape index (κ1) is 14.5. The summed E-state index contributed by atoms with van der Waals surface area (Å²) in [6, 6.07) is 0. The van der Waals surface area contributed by atoms with Crippen LogP contribution in [0.2, 0.25) is 0 Å². The topological polar surface area (TPSA) is 55.6 Å². The van der Waals surface area contributed by atoms with E-state index in [1.54, 1.807) is 4.90 Å². The van der Waals surface area contributed by atoms with E-state index in [2.05, 4.69) is 6.92 Å². The fourth-order valence-electron chi connectivity index (χ4n) is 1.46. The maximum Gasteiger partial charge on any atom is 0.410 e. The molecular weight excluding hydrogens is 216 g/mol. The highest BCUT2D eigenvalue weighted by Gasteiger charge is 2.41. The smallest absolute Gasteiger partial charge is 0.410 e. The molecule has 0 atom stereocenters. The third kappa shape index (κ3) is 3.87. The van der Waals surface area contributed by atoms with E-state index in [0.29, 0.717) is 19.6 Å². The average Bonchev–Trinajstić information content (AvgIpc) is 1.95. The molecule has 90 valence electrons. The van der Waals surface area contributed by atoms with Crippen LogP contribution in [0.15, 0.2) is 0 Å². The number of nitrogens with zero attached hydrogens (tertiary/aromatic N) is 1. The maximum atomic E-state index is 11.5. The fourth-order valence-corrected chi connectivity index (χ4v) is 1.46. The van der Waals surface area contributed by atoms with Crippen LogP contribution in [0.3, 0.4) is 0 Å². The van der Waals surface area contributed by atoms with Crippen molar-refractivity contribution in [2.75, 3.05) is 19.6 Å². The lowest BCUT2D eigenvalue weighted by atomic mass is 9.82. The quantitative estimate of drug-likeness (QED) is 0.753. The number of hydrogen-bond acceptors (Lipinski definition) is 3. The molecule has 1 aliphatic rings. The van der Waals surface area contributed by atoms with Gasteiger partial charge in [0.25, 0.3) is 0 Å². The summed E-state index contributed by atoms with van der Waals surface area (Å²) >= 11 is 0. The molecule has 0 aromatic rings. The number of carbonyl (C=O) groups is 1. The molecule has 1 heterocycles. The summed E-state index contributed by atoms with van der Waals surface area (Å²) in [7, 11) is 0. The van der Waals surface area contributed by atoms with Gasteiger partial charge in [-0.3, -0.25) is 0 Å². The molecule has 15 heavy (non-hydrogen) atoms. The zero-order valence-electron chi connectivity index (χ0n) is 9.87. The first-order valence-corrected chi connectivity index (χ1v) is 4.94. The summed E-state index contributed by atoms with van der Waals surface area (Å²) in [5.74, 6) is 0. The number of hydrogen-bond donors (Lipinski definition) is 1. The SMILES string of the molecule is CC1(CN)CN(C(=O)OC(C)(C)C)C1.Cl. The van der Waals surface area contributed by atoms with Crippen molar-refractivity contribution in [3.63, 3.8) is 0 Å². The Morgan fingerprint density at radius 3 is 2.27 bits per heavy atom. The second-order valence-electron chi connectivity index (χ2n) is 5.35.